The zero-order chi connectivity index (χ0) is 27.2. The fourth-order valence-corrected chi connectivity index (χ4v) is 7.34. The number of hydrogen-bond donors (Lipinski definition) is 0. The molecular weight excluding hydrogens is 484 g/mol. The van der Waals surface area contributed by atoms with E-state index < -0.39 is 0 Å². The Balaban J connectivity index is 1.41. The third-order valence-electron chi connectivity index (χ3n) is 9.10. The van der Waals surface area contributed by atoms with Crippen molar-refractivity contribution in [2.24, 2.45) is 0 Å². The van der Waals surface area contributed by atoms with E-state index >= 15 is 0 Å². The summed E-state index contributed by atoms with van der Waals surface area (Å²) in [6, 6.07) is 35.9. The lowest BCUT2D eigenvalue weighted by Gasteiger charge is -2.24. The van der Waals surface area contributed by atoms with Gasteiger partial charge < -0.3 is 0 Å². The molecule has 0 radical (unpaired) electrons. The van der Waals surface area contributed by atoms with Crippen molar-refractivity contribution in [2.45, 2.75) is 33.1 Å². The first kappa shape index (κ1) is 23.2. The van der Waals surface area contributed by atoms with Crippen LogP contribution in [0.15, 0.2) is 109 Å². The number of imidazole rings is 1. The average molecular weight is 515 g/mol. The number of aryl methyl sites for hydroxylation is 2. The molecule has 1 aromatic heterocycles. The predicted molar refractivity (Wildman–Crippen MR) is 169 cm³/mol. The van der Waals surface area contributed by atoms with E-state index in [1.807, 2.05) is 6.20 Å². The number of para-hydroxylation sites is 1. The van der Waals surface area contributed by atoms with Gasteiger partial charge in [-0.2, -0.15) is 0 Å². The van der Waals surface area contributed by atoms with Crippen molar-refractivity contribution in [1.82, 2.24) is 9.55 Å². The average Bonchev–Trinajstić information content (AvgIpc) is 3.53. The summed E-state index contributed by atoms with van der Waals surface area (Å²) < 4.78 is 2.24. The molecule has 0 saturated carbocycles. The molecule has 1 aliphatic carbocycles. The van der Waals surface area contributed by atoms with Crippen molar-refractivity contribution in [3.05, 3.63) is 132 Å². The highest BCUT2D eigenvalue weighted by Crippen LogP contribution is 2.54. The molecule has 0 fully saturated rings. The molecule has 8 rings (SSSR count). The SMILES string of the molecule is Cc1cccc(C)c1-n1ccnc1-c1ccc2c(c1)-c1ccc3c4ccccc4c4ccccc4c3c1C2(C)C. The van der Waals surface area contributed by atoms with Crippen molar-refractivity contribution < 1.29 is 0 Å². The second kappa shape index (κ2) is 8.16. The lowest BCUT2D eigenvalue weighted by molar-refractivity contribution is 0.666. The molecule has 2 heteroatoms. The lowest BCUT2D eigenvalue weighted by Crippen LogP contribution is -2.15. The number of aromatic nitrogens is 2. The molecule has 1 aliphatic rings. The van der Waals surface area contributed by atoms with Crippen LogP contribution in [-0.4, -0.2) is 9.55 Å². The highest BCUT2D eigenvalue weighted by Gasteiger charge is 2.38. The van der Waals surface area contributed by atoms with Gasteiger partial charge in [0.15, 0.2) is 0 Å². The van der Waals surface area contributed by atoms with E-state index in [1.54, 1.807) is 0 Å². The molecule has 1 heterocycles. The summed E-state index contributed by atoms with van der Waals surface area (Å²) in [4.78, 5) is 4.85. The van der Waals surface area contributed by atoms with Crippen LogP contribution < -0.4 is 0 Å². The first-order valence-electron chi connectivity index (χ1n) is 14.1. The molecule has 0 spiro atoms. The smallest absolute Gasteiger partial charge is 0.144 e. The normalized spacial score (nSPS) is 13.7. The second-order valence-corrected chi connectivity index (χ2v) is 11.7. The Morgan fingerprint density at radius 3 is 1.95 bits per heavy atom. The minimum absolute atomic E-state index is 0.129. The number of nitrogens with zero attached hydrogens (tertiary/aromatic N) is 2. The van der Waals surface area contributed by atoms with Crippen LogP contribution in [0.4, 0.5) is 0 Å². The van der Waals surface area contributed by atoms with E-state index in [0.29, 0.717) is 0 Å². The van der Waals surface area contributed by atoms with Gasteiger partial charge >= 0.3 is 0 Å². The monoisotopic (exact) mass is 514 g/mol. The van der Waals surface area contributed by atoms with Crippen molar-refractivity contribution in [1.29, 1.82) is 0 Å². The van der Waals surface area contributed by atoms with Gasteiger partial charge in [0.2, 0.25) is 0 Å². The molecule has 0 bridgehead atoms. The Morgan fingerprint density at radius 1 is 0.625 bits per heavy atom. The summed E-state index contributed by atoms with van der Waals surface area (Å²) in [6.07, 6.45) is 4.00. The van der Waals surface area contributed by atoms with E-state index in [1.165, 1.54) is 71.4 Å². The van der Waals surface area contributed by atoms with Crippen LogP contribution in [-0.2, 0) is 5.41 Å². The maximum absolute atomic E-state index is 4.85. The molecule has 0 atom stereocenters. The minimum atomic E-state index is -0.129. The quantitative estimate of drug-likeness (QED) is 0.210. The largest absolute Gasteiger partial charge is 0.299 e. The van der Waals surface area contributed by atoms with Crippen LogP contribution in [0.3, 0.4) is 0 Å². The van der Waals surface area contributed by atoms with Crippen LogP contribution in [0.5, 0.6) is 0 Å². The maximum atomic E-state index is 4.85. The molecule has 0 saturated heterocycles. The van der Waals surface area contributed by atoms with E-state index in [4.69, 9.17) is 4.98 Å². The highest BCUT2D eigenvalue weighted by atomic mass is 15.1. The second-order valence-electron chi connectivity index (χ2n) is 11.7. The summed E-state index contributed by atoms with van der Waals surface area (Å²) in [5, 5.41) is 8.01. The Morgan fingerprint density at radius 2 is 1.25 bits per heavy atom. The standard InChI is InChI=1S/C38H30N2/c1-23-10-9-11-24(2)36(23)40-21-20-39-37(40)25-16-19-33-32(22-25)31-18-17-30-28-14-6-5-12-26(28)27-13-7-8-15-29(27)34(30)35(31)38(33,3)4/h5-22H,1-4H3. The minimum Gasteiger partial charge on any atom is -0.299 e. The van der Waals surface area contributed by atoms with Crippen LogP contribution in [0.2, 0.25) is 0 Å². The Bertz CT molecular complexity index is 2100. The zero-order valence-corrected chi connectivity index (χ0v) is 23.3. The van der Waals surface area contributed by atoms with Gasteiger partial charge in [-0.3, -0.25) is 4.57 Å². The van der Waals surface area contributed by atoms with Gasteiger partial charge in [-0.1, -0.05) is 105 Å². The summed E-state index contributed by atoms with van der Waals surface area (Å²) in [7, 11) is 0. The molecule has 7 aromatic rings. The van der Waals surface area contributed by atoms with Crippen molar-refractivity contribution in [3.63, 3.8) is 0 Å². The molecule has 192 valence electrons. The number of benzene rings is 6. The Hall–Kier alpha value is -4.69. The summed E-state index contributed by atoms with van der Waals surface area (Å²) in [5.74, 6) is 0.976. The Labute approximate surface area is 234 Å². The number of rotatable bonds is 2. The molecule has 0 aliphatic heterocycles. The topological polar surface area (TPSA) is 17.8 Å². The van der Waals surface area contributed by atoms with Gasteiger partial charge in [0, 0.05) is 23.4 Å². The fourth-order valence-electron chi connectivity index (χ4n) is 7.34. The van der Waals surface area contributed by atoms with Gasteiger partial charge in [0.25, 0.3) is 0 Å². The fraction of sp³-hybridized carbons (Fsp3) is 0.132. The lowest BCUT2D eigenvalue weighted by atomic mass is 9.78. The first-order chi connectivity index (χ1) is 19.4. The Kier molecular flexibility index (Phi) is 4.74. The molecule has 2 nitrogen and oxygen atoms in total. The molecule has 40 heavy (non-hydrogen) atoms. The van der Waals surface area contributed by atoms with Crippen molar-refractivity contribution >= 4 is 32.3 Å². The maximum Gasteiger partial charge on any atom is 0.144 e. The molecular formula is C38H30N2. The first-order valence-corrected chi connectivity index (χ1v) is 14.1. The summed E-state index contributed by atoms with van der Waals surface area (Å²) in [6.45, 7) is 9.12. The van der Waals surface area contributed by atoms with Gasteiger partial charge in [0.1, 0.15) is 5.82 Å². The van der Waals surface area contributed by atoms with Gasteiger partial charge in [-0.25, -0.2) is 4.98 Å². The highest BCUT2D eigenvalue weighted by molar-refractivity contribution is 6.27. The number of fused-ring (bicyclic) bond motifs is 10. The van der Waals surface area contributed by atoms with Crippen molar-refractivity contribution in [2.75, 3.05) is 0 Å². The van der Waals surface area contributed by atoms with Crippen LogP contribution >= 0.6 is 0 Å². The summed E-state index contributed by atoms with van der Waals surface area (Å²) in [5.41, 5.74) is 10.2. The number of hydrogen-bond acceptors (Lipinski definition) is 1. The van der Waals surface area contributed by atoms with Crippen molar-refractivity contribution in [3.8, 4) is 28.2 Å². The third kappa shape index (κ3) is 3.02. The van der Waals surface area contributed by atoms with E-state index in [9.17, 15) is 0 Å². The predicted octanol–water partition coefficient (Wildman–Crippen LogP) is 9.92. The molecule has 0 N–H and O–H groups in total. The van der Waals surface area contributed by atoms with E-state index in [-0.39, 0.29) is 5.41 Å². The summed E-state index contributed by atoms with van der Waals surface area (Å²) >= 11 is 0. The molecule has 0 amide bonds. The zero-order valence-electron chi connectivity index (χ0n) is 23.3. The van der Waals surface area contributed by atoms with Gasteiger partial charge in [-0.15, -0.1) is 0 Å². The third-order valence-corrected chi connectivity index (χ3v) is 9.10. The van der Waals surface area contributed by atoms with Crippen LogP contribution in [0, 0.1) is 13.8 Å². The van der Waals surface area contributed by atoms with Crippen LogP contribution in [0.25, 0.3) is 60.5 Å². The molecule has 6 aromatic carbocycles. The van der Waals surface area contributed by atoms with Crippen LogP contribution in [0.1, 0.15) is 36.1 Å². The van der Waals surface area contributed by atoms with Gasteiger partial charge in [-0.05, 0) is 85.6 Å². The van der Waals surface area contributed by atoms with E-state index in [0.717, 1.165) is 11.4 Å². The molecule has 0 unspecified atom stereocenters. The van der Waals surface area contributed by atoms with E-state index in [2.05, 4.69) is 136 Å². The van der Waals surface area contributed by atoms with Gasteiger partial charge in [0.05, 0.1) is 5.69 Å².